The monoisotopic (exact) mass is 328 g/mol. The van der Waals surface area contributed by atoms with E-state index >= 15 is 0 Å². The molecule has 2 aromatic carbocycles. The van der Waals surface area contributed by atoms with Crippen molar-refractivity contribution in [1.29, 1.82) is 0 Å². The van der Waals surface area contributed by atoms with Crippen molar-refractivity contribution in [1.82, 2.24) is 0 Å². The zero-order valence-electron chi connectivity index (χ0n) is 13.7. The van der Waals surface area contributed by atoms with Gasteiger partial charge in [0.25, 0.3) is 0 Å². The van der Waals surface area contributed by atoms with E-state index in [-0.39, 0.29) is 0 Å². The van der Waals surface area contributed by atoms with Gasteiger partial charge in [0.1, 0.15) is 11.5 Å². The first-order valence-corrected chi connectivity index (χ1v) is 7.64. The number of carbonyl (C=O) groups is 1. The number of hydrogen-bond donors (Lipinski definition) is 0. The maximum absolute atomic E-state index is 11.7. The minimum atomic E-state index is -0.548. The molecule has 0 saturated carbocycles. The lowest BCUT2D eigenvalue weighted by atomic mass is 10.3. The lowest BCUT2D eigenvalue weighted by molar-refractivity contribution is -0.129. The Balaban J connectivity index is 2.12. The van der Waals surface area contributed by atoms with Crippen LogP contribution in [-0.2, 0) is 9.53 Å². The van der Waals surface area contributed by atoms with E-state index in [2.05, 4.69) is 0 Å². The van der Waals surface area contributed by atoms with Crippen LogP contribution >= 0.6 is 0 Å². The third kappa shape index (κ3) is 5.35. The van der Waals surface area contributed by atoms with Gasteiger partial charge in [-0.2, -0.15) is 0 Å². The molecule has 5 nitrogen and oxygen atoms in total. The number of methoxy groups -OCH3 is 1. The van der Waals surface area contributed by atoms with Crippen molar-refractivity contribution < 1.29 is 23.7 Å². The van der Waals surface area contributed by atoms with Gasteiger partial charge in [-0.15, -0.1) is 0 Å². The Kier molecular flexibility index (Phi) is 6.71. The van der Waals surface area contributed by atoms with Crippen LogP contribution in [0.3, 0.4) is 0 Å². The summed E-state index contributed by atoms with van der Waals surface area (Å²) in [6.07, 6.45) is 3.37. The molecule has 0 aliphatic rings. The molecule has 2 aromatic rings. The quantitative estimate of drug-likeness (QED) is 0.312. The fourth-order valence-electron chi connectivity index (χ4n) is 1.86. The van der Waals surface area contributed by atoms with E-state index in [1.54, 1.807) is 30.3 Å². The van der Waals surface area contributed by atoms with E-state index in [0.29, 0.717) is 23.9 Å². The topological polar surface area (TPSA) is 54.0 Å². The number of ether oxygens (including phenoxy) is 4. The predicted octanol–water partition coefficient (Wildman–Crippen LogP) is 4.33. The summed E-state index contributed by atoms with van der Waals surface area (Å²) in [7, 11) is 1.45. The Morgan fingerprint density at radius 1 is 1.04 bits per heavy atom. The molecule has 0 saturated heterocycles. The molecule has 0 fully saturated rings. The largest absolute Gasteiger partial charge is 0.504 e. The van der Waals surface area contributed by atoms with Gasteiger partial charge in [0, 0.05) is 6.07 Å². The molecule has 0 amide bonds. The highest BCUT2D eigenvalue weighted by Crippen LogP contribution is 2.32. The van der Waals surface area contributed by atoms with E-state index in [1.807, 2.05) is 25.1 Å². The molecule has 0 atom stereocenters. The summed E-state index contributed by atoms with van der Waals surface area (Å²) in [6.45, 7) is 2.69. The van der Waals surface area contributed by atoms with Crippen LogP contribution in [0.5, 0.6) is 23.0 Å². The summed E-state index contributed by atoms with van der Waals surface area (Å²) >= 11 is 0. The summed E-state index contributed by atoms with van der Waals surface area (Å²) < 4.78 is 21.4. The van der Waals surface area contributed by atoms with Crippen molar-refractivity contribution in [2.24, 2.45) is 0 Å². The molecule has 0 aliphatic heterocycles. The number of para-hydroxylation sites is 2. The van der Waals surface area contributed by atoms with Crippen LogP contribution in [-0.4, -0.2) is 19.7 Å². The standard InChI is InChI=1S/C19H20O5/c1-3-12-22-15-7-6-8-16(14-15)23-17-9-4-5-10-18(17)24-19(20)11-13-21-2/h4-11,13-14H,3,12H2,1-2H3. The van der Waals surface area contributed by atoms with Crippen molar-refractivity contribution in [3.63, 3.8) is 0 Å². The first kappa shape index (κ1) is 17.4. The van der Waals surface area contributed by atoms with Crippen LogP contribution in [0.4, 0.5) is 0 Å². The molecular weight excluding hydrogens is 308 g/mol. The van der Waals surface area contributed by atoms with E-state index < -0.39 is 5.97 Å². The summed E-state index contributed by atoms with van der Waals surface area (Å²) in [5.74, 6) is 1.53. The van der Waals surface area contributed by atoms with Crippen molar-refractivity contribution >= 4 is 5.97 Å². The highest BCUT2D eigenvalue weighted by molar-refractivity contribution is 5.84. The van der Waals surface area contributed by atoms with Gasteiger partial charge in [-0.1, -0.05) is 25.1 Å². The zero-order chi connectivity index (χ0) is 17.2. The third-order valence-electron chi connectivity index (χ3n) is 2.91. The van der Waals surface area contributed by atoms with Gasteiger partial charge in [0.2, 0.25) is 0 Å². The number of carbonyl (C=O) groups excluding carboxylic acids is 1. The van der Waals surface area contributed by atoms with E-state index in [1.165, 1.54) is 19.4 Å². The minimum Gasteiger partial charge on any atom is -0.504 e. The van der Waals surface area contributed by atoms with Crippen molar-refractivity contribution in [3.8, 4) is 23.0 Å². The number of benzene rings is 2. The second-order valence-corrected chi connectivity index (χ2v) is 4.83. The molecule has 0 heterocycles. The first-order valence-electron chi connectivity index (χ1n) is 7.64. The first-order chi connectivity index (χ1) is 11.7. The fourth-order valence-corrected chi connectivity index (χ4v) is 1.86. The fraction of sp³-hybridized carbons (Fsp3) is 0.211. The molecule has 2 rings (SSSR count). The molecular formula is C19H20O5. The molecule has 0 unspecified atom stereocenters. The average molecular weight is 328 g/mol. The molecule has 0 radical (unpaired) electrons. The SMILES string of the molecule is CCCOc1cccc(Oc2ccccc2OC(=O)C=COC)c1. The van der Waals surface area contributed by atoms with Crippen LogP contribution in [0.2, 0.25) is 0 Å². The normalized spacial score (nSPS) is 10.4. The Morgan fingerprint density at radius 3 is 2.54 bits per heavy atom. The van der Waals surface area contributed by atoms with Crippen molar-refractivity contribution in [2.75, 3.05) is 13.7 Å². The molecule has 0 N–H and O–H groups in total. The molecule has 5 heteroatoms. The number of rotatable bonds is 8. The van der Waals surface area contributed by atoms with Crippen LogP contribution in [0, 0.1) is 0 Å². The third-order valence-corrected chi connectivity index (χ3v) is 2.91. The predicted molar refractivity (Wildman–Crippen MR) is 90.5 cm³/mol. The van der Waals surface area contributed by atoms with Crippen LogP contribution in [0.1, 0.15) is 13.3 Å². The molecule has 24 heavy (non-hydrogen) atoms. The molecule has 0 bridgehead atoms. The number of esters is 1. The van der Waals surface area contributed by atoms with Gasteiger partial charge in [-0.3, -0.25) is 0 Å². The average Bonchev–Trinajstić information content (AvgIpc) is 2.60. The van der Waals surface area contributed by atoms with Gasteiger partial charge < -0.3 is 18.9 Å². The van der Waals surface area contributed by atoms with Crippen molar-refractivity contribution in [3.05, 3.63) is 60.9 Å². The smallest absolute Gasteiger partial charge is 0.339 e. The number of hydrogen-bond acceptors (Lipinski definition) is 5. The molecule has 0 aromatic heterocycles. The molecule has 0 aliphatic carbocycles. The Hall–Kier alpha value is -2.95. The van der Waals surface area contributed by atoms with Gasteiger partial charge in [-0.25, -0.2) is 4.79 Å². The van der Waals surface area contributed by atoms with E-state index in [9.17, 15) is 4.79 Å². The van der Waals surface area contributed by atoms with Gasteiger partial charge >= 0.3 is 5.97 Å². The highest BCUT2D eigenvalue weighted by Gasteiger charge is 2.09. The second-order valence-electron chi connectivity index (χ2n) is 4.83. The highest BCUT2D eigenvalue weighted by atomic mass is 16.6. The maximum Gasteiger partial charge on any atom is 0.339 e. The van der Waals surface area contributed by atoms with E-state index in [0.717, 1.165) is 12.2 Å². The summed E-state index contributed by atoms with van der Waals surface area (Å²) in [6, 6.07) is 14.3. The Morgan fingerprint density at radius 2 is 1.79 bits per heavy atom. The van der Waals surface area contributed by atoms with E-state index in [4.69, 9.17) is 18.9 Å². The van der Waals surface area contributed by atoms with Gasteiger partial charge in [0.05, 0.1) is 26.1 Å². The lowest BCUT2D eigenvalue weighted by Gasteiger charge is -2.11. The maximum atomic E-state index is 11.7. The van der Waals surface area contributed by atoms with Crippen molar-refractivity contribution in [2.45, 2.75) is 13.3 Å². The summed E-state index contributed by atoms with van der Waals surface area (Å²) in [5.41, 5.74) is 0. The lowest BCUT2D eigenvalue weighted by Crippen LogP contribution is -2.05. The Labute approximate surface area is 141 Å². The minimum absolute atomic E-state index is 0.322. The van der Waals surface area contributed by atoms with Crippen LogP contribution in [0.15, 0.2) is 60.9 Å². The summed E-state index contributed by atoms with van der Waals surface area (Å²) in [5, 5.41) is 0. The zero-order valence-corrected chi connectivity index (χ0v) is 13.7. The molecule has 0 spiro atoms. The summed E-state index contributed by atoms with van der Waals surface area (Å²) in [4.78, 5) is 11.7. The Bertz CT molecular complexity index is 694. The second kappa shape index (κ2) is 9.25. The van der Waals surface area contributed by atoms with Gasteiger partial charge in [-0.05, 0) is 30.7 Å². The van der Waals surface area contributed by atoms with Gasteiger partial charge in [0.15, 0.2) is 11.5 Å². The van der Waals surface area contributed by atoms with Crippen LogP contribution < -0.4 is 14.2 Å². The van der Waals surface area contributed by atoms with Crippen LogP contribution in [0.25, 0.3) is 0 Å². The molecule has 126 valence electrons.